The maximum atomic E-state index is 12.8. The monoisotopic (exact) mass is 428 g/mol. The second-order valence-electron chi connectivity index (χ2n) is 6.49. The smallest absolute Gasteiger partial charge is 0.263 e. The van der Waals surface area contributed by atoms with Crippen LogP contribution in [0.4, 0.5) is 5.13 Å². The summed E-state index contributed by atoms with van der Waals surface area (Å²) in [5.74, 6) is -0.322. The third kappa shape index (κ3) is 6.19. The van der Waals surface area contributed by atoms with Gasteiger partial charge in [-0.25, -0.2) is 9.97 Å². The molecule has 10 heteroatoms. The summed E-state index contributed by atoms with van der Waals surface area (Å²) in [6, 6.07) is 3.64. The molecule has 3 rings (SSSR count). The highest BCUT2D eigenvalue weighted by Gasteiger charge is 2.21. The highest BCUT2D eigenvalue weighted by Crippen LogP contribution is 2.23. The number of hydrogen-bond donors (Lipinski definition) is 1. The van der Waals surface area contributed by atoms with Crippen molar-refractivity contribution in [2.45, 2.75) is 19.4 Å². The fourth-order valence-electron chi connectivity index (χ4n) is 2.75. The number of hydrogen-bond acceptors (Lipinski definition) is 7. The summed E-state index contributed by atoms with van der Waals surface area (Å²) in [6.45, 7) is 2.04. The Hall–Kier alpha value is -3.11. The molecule has 3 aromatic rings. The van der Waals surface area contributed by atoms with Crippen LogP contribution in [0.3, 0.4) is 0 Å². The van der Waals surface area contributed by atoms with Crippen molar-refractivity contribution in [2.24, 2.45) is 0 Å². The summed E-state index contributed by atoms with van der Waals surface area (Å²) >= 11 is 1.19. The van der Waals surface area contributed by atoms with E-state index < -0.39 is 0 Å². The zero-order chi connectivity index (χ0) is 21.2. The minimum atomic E-state index is -0.198. The SMILES string of the molecule is COCCN(C(=O)Cc1cccnc1)c1ncc(C(=O)NCCCn2ccnc2)s1. The van der Waals surface area contributed by atoms with E-state index in [1.807, 2.05) is 16.8 Å². The first-order chi connectivity index (χ1) is 14.7. The molecule has 0 fully saturated rings. The first kappa shape index (κ1) is 21.6. The van der Waals surface area contributed by atoms with Gasteiger partial charge in [0.15, 0.2) is 5.13 Å². The van der Waals surface area contributed by atoms with E-state index >= 15 is 0 Å². The summed E-state index contributed by atoms with van der Waals surface area (Å²) in [5.41, 5.74) is 0.817. The number of carbonyl (C=O) groups excluding carboxylic acids is 2. The molecule has 0 aliphatic carbocycles. The number of pyridine rings is 1. The fraction of sp³-hybridized carbons (Fsp3) is 0.350. The number of imidazole rings is 1. The van der Waals surface area contributed by atoms with Crippen LogP contribution in [0.15, 0.2) is 49.4 Å². The average molecular weight is 429 g/mol. The van der Waals surface area contributed by atoms with E-state index in [0.717, 1.165) is 18.5 Å². The van der Waals surface area contributed by atoms with Crippen LogP contribution in [-0.4, -0.2) is 58.1 Å². The van der Waals surface area contributed by atoms with Crippen LogP contribution in [-0.2, 0) is 22.5 Å². The van der Waals surface area contributed by atoms with Crippen molar-refractivity contribution in [2.75, 3.05) is 31.7 Å². The Balaban J connectivity index is 1.58. The number of aryl methyl sites for hydroxylation is 1. The zero-order valence-electron chi connectivity index (χ0n) is 16.7. The number of ether oxygens (including phenoxy) is 1. The second-order valence-corrected chi connectivity index (χ2v) is 7.50. The van der Waals surface area contributed by atoms with Gasteiger partial charge in [0.05, 0.1) is 32.1 Å². The molecule has 9 nitrogen and oxygen atoms in total. The summed E-state index contributed by atoms with van der Waals surface area (Å²) in [5, 5.41) is 3.36. The first-order valence-electron chi connectivity index (χ1n) is 9.55. The molecule has 0 aliphatic heterocycles. The Morgan fingerprint density at radius 3 is 2.90 bits per heavy atom. The predicted octanol–water partition coefficient (Wildman–Crippen LogP) is 1.78. The van der Waals surface area contributed by atoms with E-state index in [4.69, 9.17) is 4.74 Å². The molecule has 0 saturated carbocycles. The van der Waals surface area contributed by atoms with E-state index in [0.29, 0.717) is 29.7 Å². The number of rotatable bonds is 11. The molecule has 0 aliphatic rings. The number of methoxy groups -OCH3 is 1. The maximum Gasteiger partial charge on any atom is 0.263 e. The molecule has 1 N–H and O–H groups in total. The normalized spacial score (nSPS) is 10.7. The third-order valence-electron chi connectivity index (χ3n) is 4.28. The number of nitrogens with zero attached hydrogens (tertiary/aromatic N) is 5. The van der Waals surface area contributed by atoms with Crippen LogP contribution in [0.2, 0.25) is 0 Å². The Morgan fingerprint density at radius 1 is 1.27 bits per heavy atom. The molecule has 0 spiro atoms. The molecule has 2 amide bonds. The predicted molar refractivity (Wildman–Crippen MR) is 113 cm³/mol. The third-order valence-corrected chi connectivity index (χ3v) is 5.30. The molecular weight excluding hydrogens is 404 g/mol. The highest BCUT2D eigenvalue weighted by atomic mass is 32.1. The van der Waals surface area contributed by atoms with E-state index in [9.17, 15) is 9.59 Å². The van der Waals surface area contributed by atoms with Gasteiger partial charge in [0.25, 0.3) is 5.91 Å². The molecule has 3 heterocycles. The van der Waals surface area contributed by atoms with Crippen molar-refractivity contribution in [3.63, 3.8) is 0 Å². The second kappa shape index (κ2) is 11.2. The molecule has 30 heavy (non-hydrogen) atoms. The van der Waals surface area contributed by atoms with E-state index in [1.54, 1.807) is 43.0 Å². The summed E-state index contributed by atoms with van der Waals surface area (Å²) in [7, 11) is 1.58. The van der Waals surface area contributed by atoms with E-state index in [2.05, 4.69) is 20.3 Å². The number of amides is 2. The molecule has 0 unspecified atom stereocenters. The van der Waals surface area contributed by atoms with Crippen molar-refractivity contribution in [3.05, 3.63) is 59.9 Å². The standard InChI is InChI=1S/C20H24N6O3S/c1-29-11-10-26(18(27)12-16-4-2-5-21-13-16)20-24-14-17(30-20)19(28)23-6-3-8-25-9-7-22-15-25/h2,4-5,7,9,13-15H,3,6,8,10-12H2,1H3,(H,23,28). The van der Waals surface area contributed by atoms with Crippen LogP contribution in [0.5, 0.6) is 0 Å². The average Bonchev–Trinajstić information content (AvgIpc) is 3.45. The van der Waals surface area contributed by atoms with Crippen molar-refractivity contribution in [3.8, 4) is 0 Å². The van der Waals surface area contributed by atoms with Gasteiger partial charge < -0.3 is 14.6 Å². The van der Waals surface area contributed by atoms with Crippen LogP contribution >= 0.6 is 11.3 Å². The van der Waals surface area contributed by atoms with Gasteiger partial charge >= 0.3 is 0 Å². The number of carbonyl (C=O) groups is 2. The Kier molecular flexibility index (Phi) is 8.04. The lowest BCUT2D eigenvalue weighted by Crippen LogP contribution is -2.35. The van der Waals surface area contributed by atoms with Crippen molar-refractivity contribution in [1.82, 2.24) is 24.8 Å². The number of aromatic nitrogens is 4. The molecule has 3 aromatic heterocycles. The van der Waals surface area contributed by atoms with Gasteiger partial charge in [-0.1, -0.05) is 17.4 Å². The number of anilines is 1. The van der Waals surface area contributed by atoms with Crippen LogP contribution in [0.25, 0.3) is 0 Å². The number of nitrogens with one attached hydrogen (secondary N) is 1. The van der Waals surface area contributed by atoms with Gasteiger partial charge in [0.2, 0.25) is 5.91 Å². The Morgan fingerprint density at radius 2 is 2.17 bits per heavy atom. The molecule has 0 atom stereocenters. The lowest BCUT2D eigenvalue weighted by atomic mass is 10.2. The topological polar surface area (TPSA) is 102 Å². The van der Waals surface area contributed by atoms with Crippen LogP contribution < -0.4 is 10.2 Å². The number of thiazole rings is 1. The minimum Gasteiger partial charge on any atom is -0.383 e. The molecular formula is C20H24N6O3S. The summed E-state index contributed by atoms with van der Waals surface area (Å²) in [4.78, 5) is 39.6. The van der Waals surface area contributed by atoms with Gasteiger partial charge in [-0.2, -0.15) is 0 Å². The fourth-order valence-corrected chi connectivity index (χ4v) is 3.62. The van der Waals surface area contributed by atoms with Gasteiger partial charge in [-0.05, 0) is 18.1 Å². The lowest BCUT2D eigenvalue weighted by Gasteiger charge is -2.19. The molecule has 0 aromatic carbocycles. The quantitative estimate of drug-likeness (QED) is 0.467. The van der Waals surface area contributed by atoms with Crippen molar-refractivity contribution >= 4 is 28.3 Å². The molecule has 0 saturated heterocycles. The molecule has 158 valence electrons. The van der Waals surface area contributed by atoms with Crippen LogP contribution in [0.1, 0.15) is 21.7 Å². The Bertz CT molecular complexity index is 929. The van der Waals surface area contributed by atoms with Gasteiger partial charge in [0, 0.05) is 45.0 Å². The lowest BCUT2D eigenvalue weighted by molar-refractivity contribution is -0.118. The maximum absolute atomic E-state index is 12.8. The summed E-state index contributed by atoms with van der Waals surface area (Å²) < 4.78 is 7.09. The molecule has 0 radical (unpaired) electrons. The van der Waals surface area contributed by atoms with Gasteiger partial charge in [-0.15, -0.1) is 0 Å². The first-order valence-corrected chi connectivity index (χ1v) is 10.4. The van der Waals surface area contributed by atoms with Crippen LogP contribution in [0, 0.1) is 0 Å². The highest BCUT2D eigenvalue weighted by molar-refractivity contribution is 7.17. The summed E-state index contributed by atoms with van der Waals surface area (Å²) in [6.07, 6.45) is 11.2. The van der Waals surface area contributed by atoms with Crippen molar-refractivity contribution in [1.29, 1.82) is 0 Å². The van der Waals surface area contributed by atoms with E-state index in [-0.39, 0.29) is 18.2 Å². The largest absolute Gasteiger partial charge is 0.383 e. The van der Waals surface area contributed by atoms with E-state index in [1.165, 1.54) is 17.5 Å². The minimum absolute atomic E-state index is 0.123. The Labute approximate surface area is 178 Å². The van der Waals surface area contributed by atoms with Crippen molar-refractivity contribution < 1.29 is 14.3 Å². The molecule has 0 bridgehead atoms. The van der Waals surface area contributed by atoms with Gasteiger partial charge in [0.1, 0.15) is 4.88 Å². The zero-order valence-corrected chi connectivity index (χ0v) is 17.5. The van der Waals surface area contributed by atoms with Gasteiger partial charge in [-0.3, -0.25) is 19.5 Å².